The molecule has 0 amide bonds. The van der Waals surface area contributed by atoms with E-state index in [-0.39, 0.29) is 5.41 Å². The van der Waals surface area contributed by atoms with Crippen LogP contribution in [-0.4, -0.2) is 4.57 Å². The molecule has 1 aliphatic rings. The van der Waals surface area contributed by atoms with Gasteiger partial charge in [0.1, 0.15) is 0 Å². The predicted molar refractivity (Wildman–Crippen MR) is 156 cm³/mol. The molecule has 0 saturated carbocycles. The van der Waals surface area contributed by atoms with Crippen LogP contribution < -0.4 is 0 Å². The second kappa shape index (κ2) is 8.80. The molecular weight excluding hydrogens is 446 g/mol. The van der Waals surface area contributed by atoms with Gasteiger partial charge in [-0.2, -0.15) is 0 Å². The molecule has 0 unspecified atom stereocenters. The van der Waals surface area contributed by atoms with Gasteiger partial charge in [-0.1, -0.05) is 133 Å². The number of fused-ring (bicyclic) bond motifs is 3. The Kier molecular flexibility index (Phi) is 5.15. The summed E-state index contributed by atoms with van der Waals surface area (Å²) >= 11 is 0. The number of rotatable bonds is 4. The van der Waals surface area contributed by atoms with Gasteiger partial charge in [-0.3, -0.25) is 0 Å². The quantitative estimate of drug-likeness (QED) is 0.241. The van der Waals surface area contributed by atoms with Crippen molar-refractivity contribution in [2.75, 3.05) is 0 Å². The lowest BCUT2D eigenvalue weighted by Gasteiger charge is -2.39. The van der Waals surface area contributed by atoms with Crippen LogP contribution in [0.5, 0.6) is 0 Å². The van der Waals surface area contributed by atoms with Gasteiger partial charge in [0.2, 0.25) is 0 Å². The second-order valence-corrected chi connectivity index (χ2v) is 9.74. The molecule has 0 fully saturated rings. The van der Waals surface area contributed by atoms with Gasteiger partial charge in [-0.05, 0) is 41.3 Å². The Hall–Kier alpha value is -4.62. The van der Waals surface area contributed by atoms with Crippen LogP contribution >= 0.6 is 0 Å². The zero-order valence-corrected chi connectivity index (χ0v) is 20.6. The van der Waals surface area contributed by atoms with E-state index in [4.69, 9.17) is 0 Å². The van der Waals surface area contributed by atoms with Crippen LogP contribution in [0.3, 0.4) is 0 Å². The Morgan fingerprint density at radius 3 is 1.65 bits per heavy atom. The number of benzene rings is 5. The maximum atomic E-state index is 2.44. The molecule has 0 spiro atoms. The first-order valence-electron chi connectivity index (χ1n) is 12.9. The third-order valence-corrected chi connectivity index (χ3v) is 7.83. The number of hydrogen-bond acceptors (Lipinski definition) is 0. The van der Waals surface area contributed by atoms with Gasteiger partial charge in [0.25, 0.3) is 0 Å². The highest BCUT2D eigenvalue weighted by Gasteiger charge is 2.39. The fourth-order valence-electron chi connectivity index (χ4n) is 6.22. The summed E-state index contributed by atoms with van der Waals surface area (Å²) in [6.07, 6.45) is 7.78. The summed E-state index contributed by atoms with van der Waals surface area (Å²) < 4.78 is 2.44. The summed E-state index contributed by atoms with van der Waals surface area (Å²) in [7, 11) is 0. The molecule has 1 aromatic heterocycles. The average molecular weight is 474 g/mol. The fourth-order valence-corrected chi connectivity index (χ4v) is 6.22. The Morgan fingerprint density at radius 2 is 1.03 bits per heavy atom. The van der Waals surface area contributed by atoms with Crippen molar-refractivity contribution in [2.45, 2.75) is 11.8 Å². The maximum Gasteiger partial charge on any atom is 0.0541 e. The van der Waals surface area contributed by atoms with Crippen molar-refractivity contribution in [2.24, 2.45) is 0 Å². The van der Waals surface area contributed by atoms with Gasteiger partial charge in [-0.15, -0.1) is 0 Å². The first-order chi connectivity index (χ1) is 18.4. The molecule has 1 nitrogen and oxygen atoms in total. The topological polar surface area (TPSA) is 4.93 Å². The molecule has 6 aromatic rings. The lowest BCUT2D eigenvalue weighted by atomic mass is 9.63. The number of allylic oxidation sites excluding steroid dienone is 4. The highest BCUT2D eigenvalue weighted by atomic mass is 15.0. The first kappa shape index (κ1) is 21.6. The van der Waals surface area contributed by atoms with Crippen LogP contribution in [0.25, 0.3) is 33.1 Å². The second-order valence-electron chi connectivity index (χ2n) is 9.74. The van der Waals surface area contributed by atoms with Crippen LogP contribution in [-0.2, 0) is 5.41 Å². The van der Waals surface area contributed by atoms with E-state index in [1.807, 2.05) is 0 Å². The largest absolute Gasteiger partial charge is 0.309 e. The zero-order valence-electron chi connectivity index (χ0n) is 20.6. The first-order valence-corrected chi connectivity index (χ1v) is 12.9. The SMILES string of the molecule is C1=CCC(c2ccccc2)(c2ccccc2)C(c2ccccc2-n2c3ccccc3c3ccccc32)=C1. The van der Waals surface area contributed by atoms with Crippen molar-refractivity contribution in [3.05, 3.63) is 168 Å². The van der Waals surface area contributed by atoms with Crippen LogP contribution in [0.1, 0.15) is 23.1 Å². The van der Waals surface area contributed by atoms with Gasteiger partial charge in [0, 0.05) is 21.8 Å². The van der Waals surface area contributed by atoms with Crippen LogP contribution in [0.2, 0.25) is 0 Å². The molecule has 0 N–H and O–H groups in total. The summed E-state index contributed by atoms with van der Waals surface area (Å²) in [4.78, 5) is 0. The number of para-hydroxylation sites is 3. The summed E-state index contributed by atoms with van der Waals surface area (Å²) in [5.41, 5.74) is 8.59. The number of aromatic nitrogens is 1. The van der Waals surface area contributed by atoms with E-state index in [9.17, 15) is 0 Å². The van der Waals surface area contributed by atoms with E-state index in [2.05, 4.69) is 156 Å². The van der Waals surface area contributed by atoms with Gasteiger partial charge in [-0.25, -0.2) is 0 Å². The molecule has 0 atom stereocenters. The lowest BCUT2D eigenvalue weighted by molar-refractivity contribution is 0.668. The van der Waals surface area contributed by atoms with Crippen molar-refractivity contribution < 1.29 is 0 Å². The molecular formula is C36H27N. The standard InChI is InChI=1S/C36H27N/c1-3-15-27(16-4-1)36(28-17-5-2-6-18-28)26-14-13-22-32(36)31-21-9-12-25-35(31)37-33-23-10-7-19-29(33)30-20-8-11-24-34(30)37/h1-25H,26H2. The summed E-state index contributed by atoms with van der Waals surface area (Å²) in [6.45, 7) is 0. The molecule has 5 aromatic carbocycles. The molecule has 1 heterocycles. The molecule has 0 bridgehead atoms. The smallest absolute Gasteiger partial charge is 0.0541 e. The Labute approximate surface area is 217 Å². The van der Waals surface area contributed by atoms with E-state index >= 15 is 0 Å². The Balaban J connectivity index is 1.56. The maximum absolute atomic E-state index is 2.44. The van der Waals surface area contributed by atoms with Crippen molar-refractivity contribution in [3.8, 4) is 5.69 Å². The number of nitrogens with zero attached hydrogens (tertiary/aromatic N) is 1. The van der Waals surface area contributed by atoms with Crippen LogP contribution in [0.15, 0.2) is 152 Å². The van der Waals surface area contributed by atoms with E-state index in [1.54, 1.807) is 0 Å². The molecule has 0 aliphatic heterocycles. The van der Waals surface area contributed by atoms with Crippen molar-refractivity contribution in [1.82, 2.24) is 4.57 Å². The molecule has 176 valence electrons. The van der Waals surface area contributed by atoms with Crippen molar-refractivity contribution in [1.29, 1.82) is 0 Å². The Morgan fingerprint density at radius 1 is 0.514 bits per heavy atom. The monoisotopic (exact) mass is 473 g/mol. The summed E-state index contributed by atoms with van der Waals surface area (Å²) in [6, 6.07) is 48.4. The predicted octanol–water partition coefficient (Wildman–Crippen LogP) is 9.11. The number of hydrogen-bond donors (Lipinski definition) is 0. The molecule has 7 rings (SSSR count). The van der Waals surface area contributed by atoms with Gasteiger partial charge in [0.15, 0.2) is 0 Å². The minimum absolute atomic E-state index is 0.286. The lowest BCUT2D eigenvalue weighted by Crippen LogP contribution is -2.30. The summed E-state index contributed by atoms with van der Waals surface area (Å²) in [5, 5.41) is 2.56. The molecule has 0 saturated heterocycles. The zero-order chi connectivity index (χ0) is 24.7. The molecule has 37 heavy (non-hydrogen) atoms. The van der Waals surface area contributed by atoms with E-state index in [0.29, 0.717) is 0 Å². The molecule has 0 radical (unpaired) electrons. The highest BCUT2D eigenvalue weighted by molar-refractivity contribution is 6.09. The normalized spacial score (nSPS) is 14.6. The van der Waals surface area contributed by atoms with E-state index in [1.165, 1.54) is 49.8 Å². The minimum Gasteiger partial charge on any atom is -0.309 e. The average Bonchev–Trinajstić information content (AvgIpc) is 3.32. The van der Waals surface area contributed by atoms with Crippen molar-refractivity contribution >= 4 is 27.4 Å². The van der Waals surface area contributed by atoms with Gasteiger partial charge in [0.05, 0.1) is 16.7 Å². The van der Waals surface area contributed by atoms with E-state index in [0.717, 1.165) is 6.42 Å². The van der Waals surface area contributed by atoms with Crippen LogP contribution in [0, 0.1) is 0 Å². The van der Waals surface area contributed by atoms with E-state index < -0.39 is 0 Å². The summed E-state index contributed by atoms with van der Waals surface area (Å²) in [5.74, 6) is 0. The Bertz CT molecular complexity index is 1690. The minimum atomic E-state index is -0.286. The van der Waals surface area contributed by atoms with Gasteiger partial charge >= 0.3 is 0 Å². The molecule has 1 heteroatoms. The fraction of sp³-hybridized carbons (Fsp3) is 0.0556. The highest BCUT2D eigenvalue weighted by Crippen LogP contribution is 2.50. The molecule has 1 aliphatic carbocycles. The van der Waals surface area contributed by atoms with Crippen LogP contribution in [0.4, 0.5) is 0 Å². The van der Waals surface area contributed by atoms with Crippen molar-refractivity contribution in [3.63, 3.8) is 0 Å². The third-order valence-electron chi connectivity index (χ3n) is 7.83. The van der Waals surface area contributed by atoms with Gasteiger partial charge < -0.3 is 4.57 Å². The third kappa shape index (κ3) is 3.32.